The Bertz CT molecular complexity index is 422. The van der Waals surface area contributed by atoms with Crippen molar-refractivity contribution in [3.63, 3.8) is 0 Å². The molecule has 0 saturated heterocycles. The summed E-state index contributed by atoms with van der Waals surface area (Å²) in [5, 5.41) is 14.5. The highest BCUT2D eigenvalue weighted by Gasteiger charge is 2.78. The van der Waals surface area contributed by atoms with Gasteiger partial charge in [0.15, 0.2) is 4.47 Å². The summed E-state index contributed by atoms with van der Waals surface area (Å²) < 4.78 is -2.02. The highest BCUT2D eigenvalue weighted by Crippen LogP contribution is 2.77. The van der Waals surface area contributed by atoms with E-state index >= 15 is 0 Å². The lowest BCUT2D eigenvalue weighted by molar-refractivity contribution is 0.00319. The van der Waals surface area contributed by atoms with Crippen LogP contribution in [0, 0.1) is 0 Å². The van der Waals surface area contributed by atoms with Crippen molar-refractivity contribution in [2.45, 2.75) is 8.19 Å². The molecule has 1 nitrogen and oxygen atoms in total. The zero-order valence-corrected chi connectivity index (χ0v) is 41.9. The third-order valence-electron chi connectivity index (χ3n) is 2.39. The van der Waals surface area contributed by atoms with Crippen molar-refractivity contribution in [2.75, 3.05) is 0 Å². The summed E-state index contributed by atoms with van der Waals surface area (Å²) in [6, 6.07) is 0. The highest BCUT2D eigenvalue weighted by molar-refractivity contribution is 14.3. The molecule has 0 aliphatic carbocycles. The molecule has 0 aliphatic heterocycles. The first-order chi connectivity index (χ1) is 9.50. The van der Waals surface area contributed by atoms with Gasteiger partial charge in [0.25, 0.3) is 0 Å². The molecule has 0 rings (SSSR count). The first kappa shape index (κ1) is 33.9. The van der Waals surface area contributed by atoms with Crippen molar-refractivity contribution in [1.29, 1.82) is 0 Å². The molecule has 0 atom stereocenters. The quantitative estimate of drug-likeness (QED) is 0.187. The van der Waals surface area contributed by atoms with E-state index in [4.69, 9.17) is 0 Å². The van der Waals surface area contributed by atoms with Crippen molar-refractivity contribution in [2.24, 2.45) is 0 Å². The van der Waals surface area contributed by atoms with Crippen LogP contribution in [0.2, 0.25) is 0 Å². The van der Waals surface area contributed by atoms with E-state index in [1.165, 1.54) is 0 Å². The Morgan fingerprint density at radius 1 is 0.348 bits per heavy atom. The summed E-state index contributed by atoms with van der Waals surface area (Å²) in [6.45, 7) is 0. The topological polar surface area (TPSA) is 19.9 Å². The summed E-state index contributed by atoms with van der Waals surface area (Å²) in [7, 11) is 0. The molecule has 0 bridgehead atoms. The second-order valence-electron chi connectivity index (χ2n) is 3.90. The number of halogens is 15. The van der Waals surface area contributed by atoms with Crippen LogP contribution in [0.5, 0.6) is 0 Å². The maximum Gasteiger partial charge on any atom is 0.194 e. The third kappa shape index (κ3) is 7.46. The molecule has 0 fully saturated rings. The van der Waals surface area contributed by atoms with E-state index in [0.717, 1.165) is 0 Å². The minimum absolute atomic E-state index is 0.0404. The average molecular weight is 2000 g/mol. The van der Waals surface area contributed by atoms with Crippen LogP contribution in [0.4, 0.5) is 0 Å². The van der Waals surface area contributed by atoms with Crippen LogP contribution in [0.1, 0.15) is 0 Å². The minimum Gasteiger partial charge on any atom is -0.221 e. The van der Waals surface area contributed by atoms with Crippen LogP contribution in [-0.2, 0) is 5.11 Å². The zero-order valence-electron chi connectivity index (χ0n) is 9.58. The smallest absolute Gasteiger partial charge is 0.194 e. The predicted octanol–water partition coefficient (Wildman–Crippen LogP) is 11.7. The molecule has 1 radical (unpaired) electrons. The van der Waals surface area contributed by atoms with Crippen molar-refractivity contribution in [1.82, 2.24) is 0 Å². The van der Waals surface area contributed by atoms with Crippen molar-refractivity contribution in [3.05, 3.63) is 0 Å². The van der Waals surface area contributed by atoms with Crippen LogP contribution < -0.4 is 0 Å². The summed E-state index contributed by atoms with van der Waals surface area (Å²) in [5.74, 6) is 0. The maximum absolute atomic E-state index is 14.5. The zero-order chi connectivity index (χ0) is 19.5. The molecule has 0 heterocycles. The van der Waals surface area contributed by atoms with Crippen molar-refractivity contribution < 1.29 is 5.11 Å². The molecule has 16 heteroatoms. The van der Waals surface area contributed by atoms with Gasteiger partial charge in [-0.25, -0.2) is 5.11 Å². The summed E-state index contributed by atoms with van der Waals surface area (Å²) >= 11 is 36.3. The molecule has 139 valence electrons. The van der Waals surface area contributed by atoms with Gasteiger partial charge in [0.2, 0.25) is 0 Å². The van der Waals surface area contributed by atoms with E-state index in [2.05, 4.69) is 339 Å². The van der Waals surface area contributed by atoms with Gasteiger partial charge in [0.1, 0.15) is 3.72 Å². The Morgan fingerprint density at radius 2 is 0.609 bits per heavy atom. The number of hydrogen-bond acceptors (Lipinski definition) is 0. The van der Waals surface area contributed by atoms with Gasteiger partial charge in [-0.1, -0.05) is 339 Å². The van der Waals surface area contributed by atoms with E-state index in [1.807, 2.05) is 0 Å². The maximum atomic E-state index is 14.5. The summed E-state index contributed by atoms with van der Waals surface area (Å²) in [6.07, 6.45) is 0. The fraction of sp³-hybridized carbons (Fsp3) is 1.00. The molecule has 0 aromatic carbocycles. The Hall–Kier alpha value is 10.9. The lowest BCUT2D eigenvalue weighted by Gasteiger charge is -2.56. The molecule has 0 unspecified atom stereocenters. The molecule has 0 saturated carbocycles. The van der Waals surface area contributed by atoms with Gasteiger partial charge in [-0.2, -0.15) is 0 Å². The fourth-order valence-corrected chi connectivity index (χ4v) is 28.0. The van der Waals surface area contributed by atoms with Crippen LogP contribution in [0.3, 0.4) is 0 Å². The largest absolute Gasteiger partial charge is 0.221 e. The van der Waals surface area contributed by atoms with Crippen LogP contribution in [0.25, 0.3) is 0 Å². The number of rotatable bonds is 6. The normalized spacial score (nSPS) is 16.7. The predicted molar refractivity (Wildman–Crippen MR) is 230 cm³/mol. The first-order valence-corrected chi connectivity index (χ1v) is 20.7. The minimum atomic E-state index is -1.21. The second kappa shape index (κ2) is 12.0. The fourth-order valence-electron chi connectivity index (χ4n) is 1.11. The van der Waals surface area contributed by atoms with E-state index < -0.39 is 5.90 Å². The van der Waals surface area contributed by atoms with E-state index in [1.54, 1.807) is 0 Å². The Balaban J connectivity index is 6.65. The van der Waals surface area contributed by atoms with Gasteiger partial charge in [0.05, 0.1) is 0 Å². The van der Waals surface area contributed by atoms with E-state index in [-0.39, 0.29) is 2.29 Å². The Kier molecular flexibility index (Phi) is 17.6. The van der Waals surface area contributed by atoms with Gasteiger partial charge < -0.3 is 0 Å². The van der Waals surface area contributed by atoms with Crippen LogP contribution in [-0.4, -0.2) is 8.19 Å². The Morgan fingerprint density at radius 3 is 0.783 bits per heavy atom. The molecule has 0 aliphatic rings. The van der Waals surface area contributed by atoms with Crippen LogP contribution >= 0.6 is 339 Å². The lowest BCUT2D eigenvalue weighted by Crippen LogP contribution is -2.70. The molecular weight excluding hydrogens is 2000 g/mol. The Labute approximate surface area is 341 Å². The molecule has 23 heavy (non-hydrogen) atoms. The monoisotopic (exact) mass is 2000 g/mol. The number of hydrogen-bond donors (Lipinski definition) is 0. The van der Waals surface area contributed by atoms with Crippen LogP contribution in [0.15, 0.2) is 0 Å². The van der Waals surface area contributed by atoms with Gasteiger partial charge in [-0.3, -0.25) is 0 Å². The molecule has 0 spiro atoms. The SMILES string of the molecule is [O]C(C(I)(I)I)(C(I)(I)I)C(I)(I)C(I)(I)C(I)(I)C(I)(I)I. The third-order valence-corrected chi connectivity index (χ3v) is 33.4. The van der Waals surface area contributed by atoms with Gasteiger partial charge in [-0.15, -0.1) is 0 Å². The van der Waals surface area contributed by atoms with Crippen molar-refractivity contribution >= 4 is 339 Å². The van der Waals surface area contributed by atoms with Crippen molar-refractivity contribution in [3.8, 4) is 0 Å². The highest BCUT2D eigenvalue weighted by atomic mass is 127. The molecule has 0 aromatic heterocycles. The lowest BCUT2D eigenvalue weighted by atomic mass is 10.0. The van der Waals surface area contributed by atoms with E-state index in [0.29, 0.717) is 0 Å². The number of alkyl halides is 15. The molecular formula is C7I15O. The standard InChI is InChI=1S/C7I15O/c8-2(9,1(23,5(14,15)16)6(17,18)19)3(10,11)4(12,13)7(20,21)22. The average Bonchev–Trinajstić information content (AvgIpc) is 2.22. The second-order valence-corrected chi connectivity index (χ2v) is 52.9. The molecule has 0 amide bonds. The van der Waals surface area contributed by atoms with Gasteiger partial charge in [-0.05, 0) is 0 Å². The first-order valence-electron chi connectivity index (χ1n) is 4.54. The molecule has 0 N–H and O–H groups in total. The summed E-state index contributed by atoms with van der Waals surface area (Å²) in [4.78, 5) is 0. The van der Waals surface area contributed by atoms with Gasteiger partial charge in [0, 0.05) is 0 Å². The van der Waals surface area contributed by atoms with Gasteiger partial charge >= 0.3 is 0 Å². The van der Waals surface area contributed by atoms with E-state index in [9.17, 15) is 5.11 Å². The summed E-state index contributed by atoms with van der Waals surface area (Å²) in [5.41, 5.74) is -1.21. The molecule has 0 aromatic rings.